The van der Waals surface area contributed by atoms with Gasteiger partial charge in [0.25, 0.3) is 5.91 Å². The quantitative estimate of drug-likeness (QED) is 0.676. The molecule has 1 aliphatic heterocycles. The van der Waals surface area contributed by atoms with Gasteiger partial charge in [0.15, 0.2) is 0 Å². The molecule has 1 aromatic carbocycles. The lowest BCUT2D eigenvalue weighted by molar-refractivity contribution is 0.0628. The van der Waals surface area contributed by atoms with Crippen molar-refractivity contribution in [3.8, 4) is 5.69 Å². The van der Waals surface area contributed by atoms with Crippen molar-refractivity contribution >= 4 is 51.5 Å². The Morgan fingerprint density at radius 1 is 1.37 bits per heavy atom. The van der Waals surface area contributed by atoms with Gasteiger partial charge in [-0.3, -0.25) is 4.79 Å². The zero-order chi connectivity index (χ0) is 18.3. The van der Waals surface area contributed by atoms with Crippen molar-refractivity contribution in [3.05, 3.63) is 45.9 Å². The molecule has 3 heterocycles. The molecule has 0 saturated carbocycles. The van der Waals surface area contributed by atoms with E-state index in [4.69, 9.17) is 17.3 Å². The molecule has 1 fully saturated rings. The van der Waals surface area contributed by atoms with Crippen LogP contribution >= 0.6 is 35.3 Å². The first-order chi connectivity index (χ1) is 12.6. The van der Waals surface area contributed by atoms with Gasteiger partial charge >= 0.3 is 0 Å². The molecule has 0 spiro atoms. The number of hydrogen-bond acceptors (Lipinski definition) is 4. The van der Waals surface area contributed by atoms with E-state index >= 15 is 0 Å². The summed E-state index contributed by atoms with van der Waals surface area (Å²) in [7, 11) is 0. The summed E-state index contributed by atoms with van der Waals surface area (Å²) < 4.78 is 1.87. The molecule has 1 atom stereocenters. The summed E-state index contributed by atoms with van der Waals surface area (Å²) >= 11 is 7.62. The molecule has 2 aromatic heterocycles. The van der Waals surface area contributed by atoms with Crippen LogP contribution in [0.25, 0.3) is 15.9 Å². The minimum atomic E-state index is 0. The van der Waals surface area contributed by atoms with E-state index in [0.29, 0.717) is 11.6 Å². The SMILES string of the molecule is Cc1nn(-c2cccc(Cl)c2)c2sc(C(=O)N3CCCCC3CN)cc12.Cl. The van der Waals surface area contributed by atoms with Crippen molar-refractivity contribution in [2.75, 3.05) is 13.1 Å². The van der Waals surface area contributed by atoms with Gasteiger partial charge in [-0.25, -0.2) is 4.68 Å². The Hall–Kier alpha value is -1.60. The highest BCUT2D eigenvalue weighted by molar-refractivity contribution is 7.20. The Labute approximate surface area is 173 Å². The number of carbonyl (C=O) groups is 1. The molecule has 3 aromatic rings. The highest BCUT2D eigenvalue weighted by Crippen LogP contribution is 2.32. The van der Waals surface area contributed by atoms with Crippen molar-refractivity contribution in [2.45, 2.75) is 32.2 Å². The van der Waals surface area contributed by atoms with Crippen LogP contribution in [0, 0.1) is 6.92 Å². The minimum absolute atomic E-state index is 0. The second-order valence-electron chi connectivity index (χ2n) is 6.69. The Morgan fingerprint density at radius 3 is 2.93 bits per heavy atom. The number of carbonyl (C=O) groups excluding carboxylic acids is 1. The maximum Gasteiger partial charge on any atom is 0.264 e. The Kier molecular flexibility index (Phi) is 6.11. The fourth-order valence-corrected chi connectivity index (χ4v) is 4.91. The second-order valence-corrected chi connectivity index (χ2v) is 8.16. The van der Waals surface area contributed by atoms with Crippen LogP contribution in [-0.4, -0.2) is 39.7 Å². The Bertz CT molecular complexity index is 968. The number of halogens is 2. The number of benzene rings is 1. The van der Waals surface area contributed by atoms with E-state index in [-0.39, 0.29) is 24.4 Å². The second kappa shape index (κ2) is 8.19. The predicted molar refractivity (Wildman–Crippen MR) is 114 cm³/mol. The number of hydrogen-bond donors (Lipinski definition) is 1. The van der Waals surface area contributed by atoms with Gasteiger partial charge in [-0.05, 0) is 50.5 Å². The molecular formula is C19H22Cl2N4OS. The third-order valence-corrected chi connectivity index (χ3v) is 6.30. The summed E-state index contributed by atoms with van der Waals surface area (Å²) in [4.78, 5) is 16.7. The van der Waals surface area contributed by atoms with Crippen LogP contribution in [-0.2, 0) is 0 Å². The zero-order valence-corrected chi connectivity index (χ0v) is 17.4. The maximum absolute atomic E-state index is 13.1. The summed E-state index contributed by atoms with van der Waals surface area (Å²) in [5.74, 6) is 0.0818. The largest absolute Gasteiger partial charge is 0.334 e. The number of aromatic nitrogens is 2. The number of fused-ring (bicyclic) bond motifs is 1. The maximum atomic E-state index is 13.1. The summed E-state index contributed by atoms with van der Waals surface area (Å²) in [5, 5.41) is 6.31. The monoisotopic (exact) mass is 424 g/mol. The number of likely N-dealkylation sites (tertiary alicyclic amines) is 1. The number of rotatable bonds is 3. The highest BCUT2D eigenvalue weighted by Gasteiger charge is 2.28. The van der Waals surface area contributed by atoms with E-state index in [1.54, 1.807) is 0 Å². The molecular weight excluding hydrogens is 403 g/mol. The highest BCUT2D eigenvalue weighted by atomic mass is 35.5. The van der Waals surface area contributed by atoms with Crippen LogP contribution in [0.5, 0.6) is 0 Å². The average Bonchev–Trinajstić information content (AvgIpc) is 3.22. The Balaban J connectivity index is 0.00000210. The third-order valence-electron chi connectivity index (χ3n) is 4.97. The fraction of sp³-hybridized carbons (Fsp3) is 0.368. The normalized spacial score (nSPS) is 17.1. The molecule has 2 N–H and O–H groups in total. The number of nitrogens with zero attached hydrogens (tertiary/aromatic N) is 3. The van der Waals surface area contributed by atoms with Gasteiger partial charge in [-0.15, -0.1) is 23.7 Å². The molecule has 4 rings (SSSR count). The smallest absolute Gasteiger partial charge is 0.264 e. The minimum Gasteiger partial charge on any atom is -0.334 e. The van der Waals surface area contributed by atoms with Crippen molar-refractivity contribution in [1.29, 1.82) is 0 Å². The third kappa shape index (κ3) is 3.72. The van der Waals surface area contributed by atoms with Gasteiger partial charge in [0, 0.05) is 29.5 Å². The lowest BCUT2D eigenvalue weighted by Crippen LogP contribution is -2.47. The van der Waals surface area contributed by atoms with Gasteiger partial charge < -0.3 is 10.6 Å². The topological polar surface area (TPSA) is 64.2 Å². The molecule has 1 saturated heterocycles. The van der Waals surface area contributed by atoms with Crippen molar-refractivity contribution in [3.63, 3.8) is 0 Å². The summed E-state index contributed by atoms with van der Waals surface area (Å²) in [6.45, 7) is 3.27. The number of nitrogens with two attached hydrogens (primary N) is 1. The number of amides is 1. The summed E-state index contributed by atoms with van der Waals surface area (Å²) in [6, 6.07) is 9.70. The van der Waals surface area contributed by atoms with Crippen molar-refractivity contribution in [2.24, 2.45) is 5.73 Å². The zero-order valence-electron chi connectivity index (χ0n) is 15.0. The van der Waals surface area contributed by atoms with E-state index in [9.17, 15) is 4.79 Å². The first kappa shape index (κ1) is 20.1. The van der Waals surface area contributed by atoms with E-state index in [1.165, 1.54) is 11.3 Å². The van der Waals surface area contributed by atoms with Crippen LogP contribution in [0.3, 0.4) is 0 Å². The van der Waals surface area contributed by atoms with Gasteiger partial charge in [-0.2, -0.15) is 5.10 Å². The molecule has 0 aliphatic carbocycles. The van der Waals surface area contributed by atoms with Gasteiger partial charge in [0.2, 0.25) is 0 Å². The predicted octanol–water partition coefficient (Wildman–Crippen LogP) is 4.42. The molecule has 0 radical (unpaired) electrons. The summed E-state index contributed by atoms with van der Waals surface area (Å²) in [6.07, 6.45) is 3.17. The number of thiophene rings is 1. The molecule has 5 nitrogen and oxygen atoms in total. The molecule has 144 valence electrons. The average molecular weight is 425 g/mol. The Morgan fingerprint density at radius 2 is 2.19 bits per heavy atom. The van der Waals surface area contributed by atoms with Crippen LogP contribution in [0.15, 0.2) is 30.3 Å². The van der Waals surface area contributed by atoms with Crippen LogP contribution < -0.4 is 5.73 Å². The molecule has 1 unspecified atom stereocenters. The molecule has 8 heteroatoms. The molecule has 1 aliphatic rings. The summed E-state index contributed by atoms with van der Waals surface area (Å²) in [5.41, 5.74) is 7.69. The number of aryl methyl sites for hydroxylation is 1. The van der Waals surface area contributed by atoms with E-state index < -0.39 is 0 Å². The molecule has 27 heavy (non-hydrogen) atoms. The lowest BCUT2D eigenvalue weighted by Gasteiger charge is -2.34. The van der Waals surface area contributed by atoms with Gasteiger partial charge in [-0.1, -0.05) is 17.7 Å². The molecule has 0 bridgehead atoms. The fourth-order valence-electron chi connectivity index (χ4n) is 3.59. The van der Waals surface area contributed by atoms with Gasteiger partial charge in [0.1, 0.15) is 4.83 Å². The van der Waals surface area contributed by atoms with E-state index in [1.807, 2.05) is 46.8 Å². The van der Waals surface area contributed by atoms with Crippen LogP contribution in [0.1, 0.15) is 34.6 Å². The first-order valence-electron chi connectivity index (χ1n) is 8.84. The van der Waals surface area contributed by atoms with Crippen molar-refractivity contribution < 1.29 is 4.79 Å². The van der Waals surface area contributed by atoms with E-state index in [2.05, 4.69) is 5.10 Å². The lowest BCUT2D eigenvalue weighted by atomic mass is 10.0. The number of piperidine rings is 1. The van der Waals surface area contributed by atoms with Crippen molar-refractivity contribution in [1.82, 2.24) is 14.7 Å². The standard InChI is InChI=1S/C19H21ClN4OS.ClH/c1-12-16-10-17(18(25)23-8-3-2-6-15(23)11-21)26-19(16)24(22-12)14-7-4-5-13(20)9-14;/h4-5,7,9-10,15H,2-3,6,8,11,21H2,1H3;1H. The first-order valence-corrected chi connectivity index (χ1v) is 10.0. The molecule has 1 amide bonds. The van der Waals surface area contributed by atoms with Gasteiger partial charge in [0.05, 0.1) is 16.3 Å². The van der Waals surface area contributed by atoms with E-state index in [0.717, 1.165) is 52.3 Å². The van der Waals surface area contributed by atoms with Crippen LogP contribution in [0.2, 0.25) is 5.02 Å². The van der Waals surface area contributed by atoms with Crippen LogP contribution in [0.4, 0.5) is 0 Å².